The highest BCUT2D eigenvalue weighted by atomic mass is 28.4. The van der Waals surface area contributed by atoms with Crippen LogP contribution < -0.4 is 0 Å². The van der Waals surface area contributed by atoms with E-state index >= 15 is 0 Å². The van der Waals surface area contributed by atoms with Gasteiger partial charge in [-0.05, 0) is 43.8 Å². The molecule has 4 nitrogen and oxygen atoms in total. The molecule has 28 heavy (non-hydrogen) atoms. The Bertz CT molecular complexity index is 563. The number of hydrogen-bond acceptors (Lipinski definition) is 3. The second kappa shape index (κ2) is 10.7. The third-order valence-electron chi connectivity index (χ3n) is 6.45. The molecule has 1 aliphatic rings. The van der Waals surface area contributed by atoms with Gasteiger partial charge in [0, 0.05) is 13.5 Å². The van der Waals surface area contributed by atoms with Crippen molar-refractivity contribution < 1.29 is 14.3 Å². The quantitative estimate of drug-likeness (QED) is 0.506. The van der Waals surface area contributed by atoms with Gasteiger partial charge in [0.1, 0.15) is 0 Å². The zero-order chi connectivity index (χ0) is 21.5. The predicted octanol–water partition coefficient (Wildman–Crippen LogP) is 5.30. The van der Waals surface area contributed by atoms with Crippen LogP contribution in [0.25, 0.3) is 0 Å². The van der Waals surface area contributed by atoms with Crippen molar-refractivity contribution in [1.29, 1.82) is 0 Å². The molecule has 1 N–H and O–H groups in total. The highest BCUT2D eigenvalue weighted by Crippen LogP contribution is 2.38. The maximum absolute atomic E-state index is 12.7. The van der Waals surface area contributed by atoms with Crippen LogP contribution in [0.4, 0.5) is 0 Å². The van der Waals surface area contributed by atoms with Crippen LogP contribution in [0.1, 0.15) is 66.7 Å². The van der Waals surface area contributed by atoms with Crippen LogP contribution in [-0.2, 0) is 9.22 Å². The molecule has 0 fully saturated rings. The Balaban J connectivity index is 3.14. The number of aliphatic hydroxyl groups is 1. The van der Waals surface area contributed by atoms with Crippen LogP contribution >= 0.6 is 0 Å². The number of nitrogens with zero attached hydrogens (tertiary/aromatic N) is 1. The number of aliphatic hydroxyl groups excluding tert-OH is 1. The van der Waals surface area contributed by atoms with Gasteiger partial charge in [-0.3, -0.25) is 4.79 Å². The van der Waals surface area contributed by atoms with Gasteiger partial charge in [0.05, 0.1) is 18.8 Å². The summed E-state index contributed by atoms with van der Waals surface area (Å²) >= 11 is 0. The molecule has 0 aliphatic carbocycles. The van der Waals surface area contributed by atoms with Crippen LogP contribution in [0.3, 0.4) is 0 Å². The van der Waals surface area contributed by atoms with E-state index in [-0.39, 0.29) is 35.6 Å². The Labute approximate surface area is 174 Å². The average molecular weight is 410 g/mol. The monoisotopic (exact) mass is 409 g/mol. The first-order chi connectivity index (χ1) is 12.9. The SMILES string of the molecule is C/C(=C\CO)[C@@H]1[C@@H](C)/C=C\C(O[Si](C)(C)C(C)(C)C)CCCCCC(=O)N1C. The largest absolute Gasteiger partial charge is 0.411 e. The van der Waals surface area contributed by atoms with E-state index in [1.165, 1.54) is 0 Å². The lowest BCUT2D eigenvalue weighted by Crippen LogP contribution is -2.44. The first-order valence-electron chi connectivity index (χ1n) is 10.8. The topological polar surface area (TPSA) is 49.8 Å². The Morgan fingerprint density at radius 3 is 2.50 bits per heavy atom. The van der Waals surface area contributed by atoms with Crippen molar-refractivity contribution >= 4 is 14.2 Å². The van der Waals surface area contributed by atoms with Gasteiger partial charge in [0.2, 0.25) is 5.91 Å². The molecule has 0 aromatic carbocycles. The fourth-order valence-electron chi connectivity index (χ4n) is 3.62. The summed E-state index contributed by atoms with van der Waals surface area (Å²) in [7, 11) is 0.0494. The minimum Gasteiger partial charge on any atom is -0.411 e. The number of hydrogen-bond donors (Lipinski definition) is 1. The molecular weight excluding hydrogens is 366 g/mol. The Morgan fingerprint density at radius 2 is 1.93 bits per heavy atom. The molecule has 1 heterocycles. The zero-order valence-corrected chi connectivity index (χ0v) is 20.4. The van der Waals surface area contributed by atoms with Crippen molar-refractivity contribution in [2.45, 2.75) is 97.0 Å². The summed E-state index contributed by atoms with van der Waals surface area (Å²) in [5, 5.41) is 9.53. The van der Waals surface area contributed by atoms with E-state index in [2.05, 4.69) is 52.9 Å². The van der Waals surface area contributed by atoms with E-state index in [4.69, 9.17) is 4.43 Å². The smallest absolute Gasteiger partial charge is 0.222 e. The maximum Gasteiger partial charge on any atom is 0.222 e. The lowest BCUT2D eigenvalue weighted by molar-refractivity contribution is -0.132. The number of amides is 1. The molecule has 5 heteroatoms. The van der Waals surface area contributed by atoms with Crippen LogP contribution in [0, 0.1) is 5.92 Å². The first kappa shape index (κ1) is 25.1. The fourth-order valence-corrected chi connectivity index (χ4v) is 4.93. The van der Waals surface area contributed by atoms with Crippen molar-refractivity contribution in [1.82, 2.24) is 4.90 Å². The lowest BCUT2D eigenvalue weighted by atomic mass is 9.91. The van der Waals surface area contributed by atoms with E-state index in [9.17, 15) is 9.90 Å². The maximum atomic E-state index is 12.7. The minimum absolute atomic E-state index is 0.00208. The van der Waals surface area contributed by atoms with E-state index < -0.39 is 8.32 Å². The molecule has 0 aromatic heterocycles. The molecule has 0 saturated carbocycles. The summed E-state index contributed by atoms with van der Waals surface area (Å²) in [6.45, 7) is 15.6. The Kier molecular flexibility index (Phi) is 9.64. The normalized spacial score (nSPS) is 27.9. The number of carbonyl (C=O) groups is 1. The van der Waals surface area contributed by atoms with Gasteiger partial charge in [-0.2, -0.15) is 0 Å². The lowest BCUT2D eigenvalue weighted by Gasteiger charge is -2.39. The summed E-state index contributed by atoms with van der Waals surface area (Å²) in [6.07, 6.45) is 11.0. The summed E-state index contributed by atoms with van der Waals surface area (Å²) in [5.41, 5.74) is 1.04. The third kappa shape index (κ3) is 7.16. The van der Waals surface area contributed by atoms with E-state index in [0.717, 1.165) is 31.3 Å². The van der Waals surface area contributed by atoms with Crippen LogP contribution in [0.15, 0.2) is 23.8 Å². The molecule has 1 aliphatic heterocycles. The molecule has 162 valence electrons. The molecule has 0 spiro atoms. The molecular formula is C23H43NO3Si. The Morgan fingerprint density at radius 1 is 1.29 bits per heavy atom. The van der Waals surface area contributed by atoms with Gasteiger partial charge >= 0.3 is 0 Å². The fraction of sp³-hybridized carbons (Fsp3) is 0.783. The van der Waals surface area contributed by atoms with E-state index in [0.29, 0.717) is 6.42 Å². The van der Waals surface area contributed by atoms with Gasteiger partial charge in [0.15, 0.2) is 8.32 Å². The number of carbonyl (C=O) groups excluding carboxylic acids is 1. The van der Waals surface area contributed by atoms with Crippen molar-refractivity contribution in [2.24, 2.45) is 5.92 Å². The molecule has 1 unspecified atom stereocenters. The third-order valence-corrected chi connectivity index (χ3v) is 11.0. The van der Waals surface area contributed by atoms with Gasteiger partial charge in [-0.1, -0.05) is 64.3 Å². The molecule has 0 saturated heterocycles. The second-order valence-corrected chi connectivity index (χ2v) is 14.6. The van der Waals surface area contributed by atoms with Gasteiger partial charge in [0.25, 0.3) is 0 Å². The average Bonchev–Trinajstić information content (AvgIpc) is 2.57. The van der Waals surface area contributed by atoms with Crippen molar-refractivity contribution in [2.75, 3.05) is 13.7 Å². The van der Waals surface area contributed by atoms with Gasteiger partial charge < -0.3 is 14.4 Å². The second-order valence-electron chi connectivity index (χ2n) is 9.84. The molecule has 0 bridgehead atoms. The van der Waals surface area contributed by atoms with Crippen LogP contribution in [0.5, 0.6) is 0 Å². The Hall–Kier alpha value is -0.913. The molecule has 0 aromatic rings. The zero-order valence-electron chi connectivity index (χ0n) is 19.4. The highest BCUT2D eigenvalue weighted by Gasteiger charge is 2.38. The molecule has 0 radical (unpaired) electrons. The molecule has 1 rings (SSSR count). The highest BCUT2D eigenvalue weighted by molar-refractivity contribution is 6.74. The summed E-state index contributed by atoms with van der Waals surface area (Å²) in [6, 6.07) is -0.0381. The standard InChI is InChI=1S/C23H43NO3Si/c1-18-14-15-20(27-28(7,8)23(3,4)5)12-10-9-11-13-21(26)24(6)22(18)19(2)16-17-25/h14-16,18,20,22,25H,9-13,17H2,1-8H3/b15-14-,19-16+/t18-,20?,22-/m0/s1. The van der Waals surface area contributed by atoms with Gasteiger partial charge in [-0.25, -0.2) is 0 Å². The van der Waals surface area contributed by atoms with E-state index in [1.54, 1.807) is 0 Å². The summed E-state index contributed by atoms with van der Waals surface area (Å²) in [5.74, 6) is 0.340. The van der Waals surface area contributed by atoms with Crippen molar-refractivity contribution in [3.63, 3.8) is 0 Å². The van der Waals surface area contributed by atoms with E-state index in [1.807, 2.05) is 24.9 Å². The van der Waals surface area contributed by atoms with Crippen molar-refractivity contribution in [3.8, 4) is 0 Å². The molecule has 3 atom stereocenters. The summed E-state index contributed by atoms with van der Waals surface area (Å²) < 4.78 is 6.70. The first-order valence-corrected chi connectivity index (χ1v) is 13.7. The number of likely N-dealkylation sites (N-methyl/N-ethyl adjacent to an activating group) is 1. The van der Waals surface area contributed by atoms with Crippen LogP contribution in [0.2, 0.25) is 18.1 Å². The summed E-state index contributed by atoms with van der Waals surface area (Å²) in [4.78, 5) is 14.5. The predicted molar refractivity (Wildman–Crippen MR) is 121 cm³/mol. The molecule has 1 amide bonds. The number of rotatable bonds is 4. The van der Waals surface area contributed by atoms with Crippen molar-refractivity contribution in [3.05, 3.63) is 23.8 Å². The van der Waals surface area contributed by atoms with Crippen LogP contribution in [-0.4, -0.2) is 50.0 Å². The van der Waals surface area contributed by atoms with Gasteiger partial charge in [-0.15, -0.1) is 0 Å². The minimum atomic E-state index is -1.84.